The van der Waals surface area contributed by atoms with Crippen molar-refractivity contribution in [2.24, 2.45) is 0 Å². The Hall–Kier alpha value is -2.65. The number of benzene rings is 3. The first-order valence-electron chi connectivity index (χ1n) is 9.73. The van der Waals surface area contributed by atoms with Gasteiger partial charge in [0.05, 0.1) is 13.2 Å². The van der Waals surface area contributed by atoms with E-state index in [1.807, 2.05) is 54.6 Å². The molecule has 0 N–H and O–H groups in total. The van der Waals surface area contributed by atoms with Gasteiger partial charge in [0.2, 0.25) is 0 Å². The molecular formula is C24H23O4P. The molecule has 0 spiro atoms. The number of hydrogen-bond donors (Lipinski definition) is 0. The summed E-state index contributed by atoms with van der Waals surface area (Å²) in [5.41, 5.74) is 1.76. The summed E-state index contributed by atoms with van der Waals surface area (Å²) in [6.45, 7) is 4.17. The molecule has 0 aliphatic rings. The summed E-state index contributed by atoms with van der Waals surface area (Å²) >= 11 is 0. The lowest BCUT2D eigenvalue weighted by Gasteiger charge is -2.16. The lowest BCUT2D eigenvalue weighted by Crippen LogP contribution is -2.11. The molecule has 1 heterocycles. The van der Waals surface area contributed by atoms with Crippen LogP contribution >= 0.6 is 7.60 Å². The van der Waals surface area contributed by atoms with Crippen molar-refractivity contribution in [1.29, 1.82) is 0 Å². The van der Waals surface area contributed by atoms with Gasteiger partial charge in [-0.3, -0.25) is 4.57 Å². The molecule has 0 radical (unpaired) electrons. The Bertz CT molecular complexity index is 1150. The molecule has 5 heteroatoms. The van der Waals surface area contributed by atoms with Crippen molar-refractivity contribution in [2.45, 2.75) is 13.8 Å². The number of fused-ring (bicyclic) bond motifs is 1. The molecule has 0 aliphatic carbocycles. The normalized spacial score (nSPS) is 11.8. The monoisotopic (exact) mass is 406 g/mol. The molecule has 1 aromatic heterocycles. The smallest absolute Gasteiger partial charge is 0.365 e. The predicted octanol–water partition coefficient (Wildman–Crippen LogP) is 6.66. The molecule has 29 heavy (non-hydrogen) atoms. The first-order valence-corrected chi connectivity index (χ1v) is 11.3. The Morgan fingerprint density at radius 2 is 1.48 bits per heavy atom. The van der Waals surface area contributed by atoms with Gasteiger partial charge in [-0.05, 0) is 24.6 Å². The number of rotatable bonds is 7. The van der Waals surface area contributed by atoms with E-state index in [-0.39, 0.29) is 13.2 Å². The molecule has 0 saturated heterocycles. The molecule has 0 unspecified atom stereocenters. The quantitative estimate of drug-likeness (QED) is 0.322. The maximum atomic E-state index is 13.6. The van der Waals surface area contributed by atoms with E-state index in [2.05, 4.69) is 18.2 Å². The van der Waals surface area contributed by atoms with Gasteiger partial charge in [0, 0.05) is 17.2 Å². The molecule has 4 nitrogen and oxygen atoms in total. The summed E-state index contributed by atoms with van der Waals surface area (Å²) in [4.78, 5) is 0. The first kappa shape index (κ1) is 19.7. The van der Waals surface area contributed by atoms with E-state index in [4.69, 9.17) is 13.5 Å². The Morgan fingerprint density at radius 3 is 2.21 bits per heavy atom. The van der Waals surface area contributed by atoms with Gasteiger partial charge in [0.1, 0.15) is 16.8 Å². The summed E-state index contributed by atoms with van der Waals surface area (Å²) < 4.78 is 31.2. The summed E-state index contributed by atoms with van der Waals surface area (Å²) in [6, 6.07) is 25.6. The topological polar surface area (TPSA) is 48.7 Å². The van der Waals surface area contributed by atoms with Crippen LogP contribution in [0.4, 0.5) is 0 Å². The highest BCUT2D eigenvalue weighted by atomic mass is 31.2. The van der Waals surface area contributed by atoms with Crippen LogP contribution in [0.5, 0.6) is 0 Å². The van der Waals surface area contributed by atoms with Gasteiger partial charge in [-0.25, -0.2) is 0 Å². The SMILES string of the molecule is CCOP(=O)(OCC)c1cc(-c2cccc3ccccc23)oc1-c1ccccc1. The van der Waals surface area contributed by atoms with Crippen LogP contribution in [-0.2, 0) is 13.6 Å². The van der Waals surface area contributed by atoms with Crippen LogP contribution in [0.1, 0.15) is 13.8 Å². The van der Waals surface area contributed by atoms with Crippen LogP contribution in [0.25, 0.3) is 33.4 Å². The van der Waals surface area contributed by atoms with E-state index in [0.717, 1.165) is 21.9 Å². The van der Waals surface area contributed by atoms with Crippen molar-refractivity contribution < 1.29 is 18.0 Å². The van der Waals surface area contributed by atoms with Crippen LogP contribution in [0.2, 0.25) is 0 Å². The standard InChI is InChI=1S/C24H23O4P/c1-3-26-29(25,27-4-2)23-17-22(28-24(23)19-12-6-5-7-13-19)21-16-10-14-18-11-8-9-15-20(18)21/h5-17H,3-4H2,1-2H3. The van der Waals surface area contributed by atoms with Crippen molar-refractivity contribution in [3.05, 3.63) is 78.9 Å². The molecule has 3 aromatic carbocycles. The van der Waals surface area contributed by atoms with Gasteiger partial charge in [0.25, 0.3) is 0 Å². The van der Waals surface area contributed by atoms with Crippen molar-refractivity contribution in [1.82, 2.24) is 0 Å². The molecule has 4 rings (SSSR count). The van der Waals surface area contributed by atoms with Crippen molar-refractivity contribution in [3.63, 3.8) is 0 Å². The van der Waals surface area contributed by atoms with Crippen molar-refractivity contribution in [3.8, 4) is 22.6 Å². The largest absolute Gasteiger partial charge is 0.455 e. The zero-order valence-corrected chi connectivity index (χ0v) is 17.4. The molecule has 4 aromatic rings. The van der Waals surface area contributed by atoms with Gasteiger partial charge in [0.15, 0.2) is 0 Å². The van der Waals surface area contributed by atoms with E-state index >= 15 is 0 Å². The van der Waals surface area contributed by atoms with E-state index in [0.29, 0.717) is 16.8 Å². The fraction of sp³-hybridized carbons (Fsp3) is 0.167. The molecule has 0 amide bonds. The van der Waals surface area contributed by atoms with Gasteiger partial charge in [-0.2, -0.15) is 0 Å². The second kappa shape index (κ2) is 8.38. The van der Waals surface area contributed by atoms with Gasteiger partial charge < -0.3 is 13.5 Å². The van der Waals surface area contributed by atoms with E-state index in [9.17, 15) is 4.57 Å². The lowest BCUT2D eigenvalue weighted by atomic mass is 10.0. The Balaban J connectivity index is 1.96. The Kier molecular flexibility index (Phi) is 5.68. The highest BCUT2D eigenvalue weighted by molar-refractivity contribution is 7.62. The highest BCUT2D eigenvalue weighted by Gasteiger charge is 2.34. The minimum atomic E-state index is -3.53. The van der Waals surface area contributed by atoms with E-state index < -0.39 is 7.60 Å². The van der Waals surface area contributed by atoms with Crippen LogP contribution in [0.15, 0.2) is 83.3 Å². The van der Waals surface area contributed by atoms with Crippen LogP contribution in [0.3, 0.4) is 0 Å². The Morgan fingerprint density at radius 1 is 0.828 bits per heavy atom. The lowest BCUT2D eigenvalue weighted by molar-refractivity contribution is 0.230. The van der Waals surface area contributed by atoms with Crippen LogP contribution in [0, 0.1) is 0 Å². The fourth-order valence-electron chi connectivity index (χ4n) is 3.47. The molecular weight excluding hydrogens is 383 g/mol. The summed E-state index contributed by atoms with van der Waals surface area (Å²) in [5, 5.41) is 2.63. The van der Waals surface area contributed by atoms with Crippen molar-refractivity contribution >= 4 is 23.7 Å². The maximum absolute atomic E-state index is 13.6. The maximum Gasteiger partial charge on any atom is 0.365 e. The molecule has 0 aliphatic heterocycles. The summed E-state index contributed by atoms with van der Waals surface area (Å²) in [5.74, 6) is 1.15. The second-order valence-corrected chi connectivity index (χ2v) is 8.54. The first-order chi connectivity index (χ1) is 14.2. The molecule has 0 atom stereocenters. The molecule has 148 valence electrons. The number of hydrogen-bond acceptors (Lipinski definition) is 4. The van der Waals surface area contributed by atoms with Crippen LogP contribution in [-0.4, -0.2) is 13.2 Å². The van der Waals surface area contributed by atoms with Crippen LogP contribution < -0.4 is 5.30 Å². The minimum Gasteiger partial charge on any atom is -0.455 e. The fourth-order valence-corrected chi connectivity index (χ4v) is 5.20. The van der Waals surface area contributed by atoms with E-state index in [1.165, 1.54) is 0 Å². The molecule has 0 bridgehead atoms. The average Bonchev–Trinajstić information content (AvgIpc) is 3.20. The minimum absolute atomic E-state index is 0.278. The molecule has 0 saturated carbocycles. The highest BCUT2D eigenvalue weighted by Crippen LogP contribution is 2.51. The van der Waals surface area contributed by atoms with E-state index in [1.54, 1.807) is 19.9 Å². The third-order valence-corrected chi connectivity index (χ3v) is 6.82. The average molecular weight is 406 g/mol. The summed E-state index contributed by atoms with van der Waals surface area (Å²) in [6.07, 6.45) is 0. The predicted molar refractivity (Wildman–Crippen MR) is 118 cm³/mol. The van der Waals surface area contributed by atoms with Gasteiger partial charge in [-0.1, -0.05) is 72.8 Å². The third-order valence-electron chi connectivity index (χ3n) is 4.70. The zero-order valence-electron chi connectivity index (χ0n) is 16.5. The third kappa shape index (κ3) is 3.79. The van der Waals surface area contributed by atoms with Gasteiger partial charge >= 0.3 is 7.60 Å². The summed E-state index contributed by atoms with van der Waals surface area (Å²) in [7, 11) is -3.53. The Labute approximate surface area is 170 Å². The molecule has 0 fully saturated rings. The number of furan rings is 1. The van der Waals surface area contributed by atoms with Crippen molar-refractivity contribution in [2.75, 3.05) is 13.2 Å². The second-order valence-electron chi connectivity index (χ2n) is 6.55. The zero-order chi connectivity index (χ0) is 20.3. The van der Waals surface area contributed by atoms with Gasteiger partial charge in [-0.15, -0.1) is 0 Å².